The van der Waals surface area contributed by atoms with Crippen LogP contribution in [-0.2, 0) is 14.2 Å². The van der Waals surface area contributed by atoms with E-state index < -0.39 is 27.2 Å². The van der Waals surface area contributed by atoms with Crippen molar-refractivity contribution in [3.8, 4) is 65.3 Å². The summed E-state index contributed by atoms with van der Waals surface area (Å²) in [5.74, 6) is 1.01. The molecule has 12 rings (SSSR count). The first-order valence-corrected chi connectivity index (χ1v) is 29.0. The number of phenolic OH excluding ortho intramolecular Hbond substituents is 1. The Kier molecular flexibility index (Phi) is 25.5. The van der Waals surface area contributed by atoms with Crippen LogP contribution in [0.15, 0.2) is 146 Å². The number of nitrogen functional groups attached to an aromatic ring is 1. The summed E-state index contributed by atoms with van der Waals surface area (Å²) in [4.78, 5) is 38.3. The molecule has 29 heteroatoms. The third-order valence-electron chi connectivity index (χ3n) is 12.3. The molecule has 0 amide bonds. The molecule has 0 spiro atoms. The molecule has 0 saturated carbocycles. The number of ether oxygens (including phenoxy) is 6. The van der Waals surface area contributed by atoms with Gasteiger partial charge < -0.3 is 46.0 Å². The fraction of sp³-hybridized carbons (Fsp3) is 0.133. The van der Waals surface area contributed by atoms with Gasteiger partial charge in [-0.1, -0.05) is 11.6 Å². The van der Waals surface area contributed by atoms with Gasteiger partial charge in [0, 0.05) is 76.9 Å². The van der Waals surface area contributed by atoms with Crippen LogP contribution in [0.25, 0.3) is 83.2 Å². The van der Waals surface area contributed by atoms with Crippen LogP contribution in [0, 0.1) is 38.8 Å². The molecule has 3 radical (unpaired) electrons. The first kappa shape index (κ1) is 70.0. The molecule has 0 unspecified atom stereocenters. The maximum Gasteiger partial charge on any atom is 1.00 e. The van der Waals surface area contributed by atoms with Crippen LogP contribution in [0.3, 0.4) is 0 Å². The Bertz CT molecular complexity index is 4300. The zero-order valence-electron chi connectivity index (χ0n) is 49.0. The summed E-state index contributed by atoms with van der Waals surface area (Å²) in [7, 11) is 6.58. The number of nitro benzene ring substituents is 2. The fourth-order valence-corrected chi connectivity index (χ4v) is 12.3. The number of fused-ring (bicyclic) bond motifs is 4. The van der Waals surface area contributed by atoms with E-state index in [1.807, 2.05) is 55.6 Å². The number of nitrogens with two attached hydrogens (primary N) is 1. The van der Waals surface area contributed by atoms with Crippen LogP contribution in [0.4, 0.5) is 36.2 Å². The molecule has 0 aliphatic heterocycles. The number of thiazole rings is 4. The number of anilines is 2. The van der Waals surface area contributed by atoms with E-state index in [0.717, 1.165) is 84.8 Å². The van der Waals surface area contributed by atoms with Gasteiger partial charge in [0.05, 0.1) is 56.4 Å². The largest absolute Gasteiger partial charge is 1.00 e. The molecule has 0 saturated heterocycles. The van der Waals surface area contributed by atoms with Crippen LogP contribution in [-0.4, -0.2) is 92.1 Å². The second-order valence-corrected chi connectivity index (χ2v) is 22.7. The number of methoxy groups -OCH3 is 3. The third kappa shape index (κ3) is 17.6. The van der Waals surface area contributed by atoms with Gasteiger partial charge in [-0.15, -0.1) is 45.3 Å². The smallest absolute Gasteiger partial charge is 1.00 e. The van der Waals surface area contributed by atoms with Crippen molar-refractivity contribution in [1.29, 1.82) is 0 Å². The summed E-state index contributed by atoms with van der Waals surface area (Å²) in [6, 6.07) is 41.1. The summed E-state index contributed by atoms with van der Waals surface area (Å²) in [5, 5.41) is 37.3. The first-order chi connectivity index (χ1) is 41.5. The summed E-state index contributed by atoms with van der Waals surface area (Å²) in [6.45, 7) is 2.59. The van der Waals surface area contributed by atoms with Crippen LogP contribution in [0.2, 0.25) is 5.02 Å². The molecule has 4 aromatic heterocycles. The average Bonchev–Trinajstić information content (AvgIpc) is 2.85. The second kappa shape index (κ2) is 32.4. The third-order valence-corrected chi connectivity index (χ3v) is 16.8. The number of aromatic hydroxyl groups is 1. The van der Waals surface area contributed by atoms with Gasteiger partial charge in [0.2, 0.25) is 5.82 Å². The van der Waals surface area contributed by atoms with Crippen molar-refractivity contribution in [1.82, 2.24) is 19.9 Å². The van der Waals surface area contributed by atoms with Gasteiger partial charge in [-0.3, -0.25) is 24.9 Å². The molecular formula is C60H51BClF3N8NaO11S4. The quantitative estimate of drug-likeness (QED) is 0.0267. The van der Waals surface area contributed by atoms with Crippen LogP contribution < -0.4 is 54.8 Å². The Hall–Kier alpha value is -8.06. The van der Waals surface area contributed by atoms with Crippen molar-refractivity contribution < 1.29 is 87.8 Å². The van der Waals surface area contributed by atoms with Gasteiger partial charge in [0.25, 0.3) is 5.69 Å². The van der Waals surface area contributed by atoms with Crippen molar-refractivity contribution in [2.24, 2.45) is 0 Å². The molecule has 453 valence electrons. The molecule has 0 atom stereocenters. The maximum atomic E-state index is 13.7. The molecule has 4 N–H and O–H groups in total. The molecular weight excluding hydrogens is 1260 g/mol. The number of benzene rings is 8. The second-order valence-electron chi connectivity index (χ2n) is 18.1. The number of hydrogen-bond donors (Lipinski definition) is 3. The van der Waals surface area contributed by atoms with E-state index in [-0.39, 0.29) is 86.6 Å². The Morgan fingerprint density at radius 2 is 0.921 bits per heavy atom. The fourth-order valence-electron chi connectivity index (χ4n) is 8.09. The van der Waals surface area contributed by atoms with E-state index in [1.54, 1.807) is 74.1 Å². The Morgan fingerprint density at radius 1 is 0.551 bits per heavy atom. The van der Waals surface area contributed by atoms with E-state index in [1.165, 1.54) is 64.9 Å². The van der Waals surface area contributed by atoms with Gasteiger partial charge in [0.1, 0.15) is 53.9 Å². The van der Waals surface area contributed by atoms with Crippen LogP contribution in [0.1, 0.15) is 6.99 Å². The molecule has 0 aliphatic rings. The molecule has 89 heavy (non-hydrogen) atoms. The average molecular weight is 1310 g/mol. The van der Waals surface area contributed by atoms with Gasteiger partial charge >= 0.3 is 35.2 Å². The number of aromatic nitrogens is 4. The predicted octanol–water partition coefficient (Wildman–Crippen LogP) is 13.1. The number of nitrogens with zero attached hydrogens (tertiary/aromatic N) is 6. The number of hydrogen-bond acceptors (Lipinski definition) is 21. The van der Waals surface area contributed by atoms with E-state index in [2.05, 4.69) is 50.4 Å². The van der Waals surface area contributed by atoms with Crippen molar-refractivity contribution >= 4 is 129 Å². The zero-order chi connectivity index (χ0) is 61.0. The molecule has 0 fully saturated rings. The van der Waals surface area contributed by atoms with E-state index >= 15 is 0 Å². The first-order valence-electron chi connectivity index (χ1n) is 25.4. The van der Waals surface area contributed by atoms with E-state index in [9.17, 15) is 34.1 Å². The normalized spacial score (nSPS) is 10.5. The van der Waals surface area contributed by atoms with Crippen molar-refractivity contribution in [2.75, 3.05) is 59.8 Å². The van der Waals surface area contributed by atoms with Gasteiger partial charge in [-0.2, -0.15) is 4.39 Å². The van der Waals surface area contributed by atoms with Crippen molar-refractivity contribution in [2.45, 2.75) is 6.92 Å². The molecule has 0 aliphatic carbocycles. The van der Waals surface area contributed by atoms with Crippen molar-refractivity contribution in [3.63, 3.8) is 0 Å². The van der Waals surface area contributed by atoms with E-state index in [4.69, 9.17) is 45.8 Å². The van der Waals surface area contributed by atoms with Gasteiger partial charge in [0.15, 0.2) is 20.4 Å². The standard InChI is InChI=1S/C15H11ClN2O4S.C15H11FN2O4S.C15H13FN2O2S.C15H14N2OS.B.FH.Na.H/c2*1-21-8-22-10-3-4-12-14(7-10)23-15(17-12)9-2-5-13(18(19)20)11(16)6-9;1-19-8-20-10-3-5-13-14(7-10)21-15(18-13)9-2-4-12(17)11(16)6-9;1-9-7-10(3-5-12(9)16-2)15-17-13-6-4-11(18)8-14(13)19-15;;;;/h2*2-7H,8H2,1H3;2-7H,8,17H2,1H3;3-8,16,18H,1-2H3;;1H;;/q;;;;;;+1;-1/i;2*16-1;;;1-1;;. The van der Waals surface area contributed by atoms with Crippen LogP contribution >= 0.6 is 56.9 Å². The minimum absolute atomic E-state index is 0. The minimum Gasteiger partial charge on any atom is -1.00 e. The Labute approximate surface area is 552 Å². The molecule has 0 bridgehead atoms. The summed E-state index contributed by atoms with van der Waals surface area (Å²) >= 11 is 11.8. The van der Waals surface area contributed by atoms with Crippen molar-refractivity contribution in [3.05, 3.63) is 188 Å². The topological polar surface area (TPSA) is 251 Å². The predicted molar refractivity (Wildman–Crippen MR) is 346 cm³/mol. The summed E-state index contributed by atoms with van der Waals surface area (Å²) in [5.41, 5.74) is 13.7. The number of rotatable bonds is 16. The maximum absolute atomic E-state index is 13.7. The molecule has 12 aromatic rings. The summed E-state index contributed by atoms with van der Waals surface area (Å²) < 4.78 is 61.8. The monoisotopic (exact) mass is 1310 g/mol. The number of halogens is 4. The summed E-state index contributed by atoms with van der Waals surface area (Å²) in [6.07, 6.45) is 0. The van der Waals surface area contributed by atoms with Crippen LogP contribution in [0.5, 0.6) is 23.0 Å². The Morgan fingerprint density at radius 3 is 1.30 bits per heavy atom. The van der Waals surface area contributed by atoms with Gasteiger partial charge in [-0.05, 0) is 146 Å². The SMILES string of the molecule is CNc1ccc(-c2nc3ccc(O)cc3s2)cc1C.COCOc1ccc2nc(-c3ccc(N)c([18F])c3)sc2c1.COCOc1ccc2nc(-c3ccc([N+](=O)[O-])c(Cl)c3)sc2c1.COCOc1ccc2nc(-c3ccc([N+](=O)[O-])c([18F])c3)sc2c1.[18FH].[B].[H-].[Na+]. The Balaban J connectivity index is 0.000000215. The molecule has 19 nitrogen and oxygen atoms in total. The number of phenols is 1. The molecule has 8 aromatic carbocycles. The molecule has 4 heterocycles. The van der Waals surface area contributed by atoms with E-state index in [0.29, 0.717) is 33.4 Å². The van der Waals surface area contributed by atoms with Gasteiger partial charge in [-0.25, -0.2) is 24.3 Å². The zero-order valence-corrected chi connectivity index (χ0v) is 54.0. The number of aryl methyl sites for hydroxylation is 1. The number of nitro groups is 2. The minimum atomic E-state index is -0.879. The number of nitrogens with one attached hydrogen (secondary N) is 1.